The van der Waals surface area contributed by atoms with Gasteiger partial charge in [0.1, 0.15) is 5.82 Å². The fraction of sp³-hybridized carbons (Fsp3) is 0.118. The van der Waals surface area contributed by atoms with Gasteiger partial charge >= 0.3 is 0 Å². The van der Waals surface area contributed by atoms with Gasteiger partial charge in [0, 0.05) is 27.7 Å². The van der Waals surface area contributed by atoms with Crippen molar-refractivity contribution < 1.29 is 13.7 Å². The minimum Gasteiger partial charge on any atom is -0.339 e. The molecule has 1 N–H and O–H groups in total. The van der Waals surface area contributed by atoms with Crippen molar-refractivity contribution in [3.8, 4) is 11.4 Å². The van der Waals surface area contributed by atoms with E-state index in [1.807, 2.05) is 24.3 Å². The number of hydrogen-bond donors (Lipinski definition) is 1. The van der Waals surface area contributed by atoms with E-state index in [1.54, 1.807) is 0 Å². The Morgan fingerprint density at radius 1 is 1.24 bits per heavy atom. The number of nitrogens with one attached hydrogen (secondary N) is 1. The first-order valence-corrected chi connectivity index (χ1v) is 8.80. The lowest BCUT2D eigenvalue weighted by Gasteiger charge is -2.04. The topological polar surface area (TPSA) is 68.0 Å². The van der Waals surface area contributed by atoms with Crippen molar-refractivity contribution >= 4 is 45.8 Å². The normalized spacial score (nSPS) is 10.7. The van der Waals surface area contributed by atoms with E-state index in [-0.39, 0.29) is 17.4 Å². The van der Waals surface area contributed by atoms with Crippen molar-refractivity contribution in [2.45, 2.75) is 12.8 Å². The molecule has 0 aliphatic heterocycles. The number of rotatable bonds is 5. The third-order valence-electron chi connectivity index (χ3n) is 3.34. The Morgan fingerprint density at radius 3 is 2.72 bits per heavy atom. The van der Waals surface area contributed by atoms with Crippen LogP contribution in [0.3, 0.4) is 0 Å². The smallest absolute Gasteiger partial charge is 0.227 e. The summed E-state index contributed by atoms with van der Waals surface area (Å²) in [5.41, 5.74) is 1.28. The zero-order valence-electron chi connectivity index (χ0n) is 12.8. The Morgan fingerprint density at radius 2 is 2.00 bits per heavy atom. The van der Waals surface area contributed by atoms with Crippen LogP contribution in [0, 0.1) is 9.39 Å². The zero-order valence-corrected chi connectivity index (χ0v) is 15.7. The SMILES string of the molecule is O=C(CCc1nc(-c2ccc(I)cc2)no1)Nc1ccc(F)c(Cl)c1. The molecule has 8 heteroatoms. The molecule has 0 bridgehead atoms. The Hall–Kier alpha value is -2.00. The van der Waals surface area contributed by atoms with E-state index in [4.69, 9.17) is 16.1 Å². The van der Waals surface area contributed by atoms with Gasteiger partial charge in [-0.15, -0.1) is 0 Å². The van der Waals surface area contributed by atoms with Gasteiger partial charge in [-0.2, -0.15) is 4.98 Å². The summed E-state index contributed by atoms with van der Waals surface area (Å²) in [5.74, 6) is 0.0725. The maximum absolute atomic E-state index is 13.1. The quantitative estimate of drug-likeness (QED) is 0.548. The zero-order chi connectivity index (χ0) is 17.8. The summed E-state index contributed by atoms with van der Waals surface area (Å²) >= 11 is 7.90. The van der Waals surface area contributed by atoms with Crippen molar-refractivity contribution in [3.05, 3.63) is 62.8 Å². The predicted octanol–water partition coefficient (Wildman–Crippen LogP) is 4.71. The number of aromatic nitrogens is 2. The molecule has 0 unspecified atom stereocenters. The van der Waals surface area contributed by atoms with Crippen LogP contribution in [-0.2, 0) is 11.2 Å². The van der Waals surface area contributed by atoms with Crippen molar-refractivity contribution in [2.75, 3.05) is 5.32 Å². The standard InChI is InChI=1S/C17H12ClFIN3O2/c18-13-9-12(5-6-14(13)19)21-15(24)7-8-16-22-17(23-25-16)10-1-3-11(20)4-2-10/h1-6,9H,7-8H2,(H,21,24). The van der Waals surface area contributed by atoms with E-state index in [0.717, 1.165) is 9.13 Å². The lowest BCUT2D eigenvalue weighted by atomic mass is 10.2. The molecule has 0 aliphatic rings. The summed E-state index contributed by atoms with van der Waals surface area (Å²) in [6, 6.07) is 11.7. The number of benzene rings is 2. The molecule has 0 spiro atoms. The molecule has 5 nitrogen and oxygen atoms in total. The first kappa shape index (κ1) is 17.8. The summed E-state index contributed by atoms with van der Waals surface area (Å²) in [6.07, 6.45) is 0.460. The van der Waals surface area contributed by atoms with Crippen molar-refractivity contribution in [1.29, 1.82) is 0 Å². The third kappa shape index (κ3) is 4.76. The highest BCUT2D eigenvalue weighted by Gasteiger charge is 2.11. The lowest BCUT2D eigenvalue weighted by molar-refractivity contribution is -0.116. The number of amides is 1. The van der Waals surface area contributed by atoms with Gasteiger partial charge in [-0.25, -0.2) is 4.39 Å². The number of carbonyl (C=O) groups excluding carboxylic acids is 1. The van der Waals surface area contributed by atoms with Crippen LogP contribution >= 0.6 is 34.2 Å². The second-order valence-electron chi connectivity index (χ2n) is 5.20. The molecule has 1 heterocycles. The van der Waals surface area contributed by atoms with E-state index in [1.165, 1.54) is 18.2 Å². The van der Waals surface area contributed by atoms with Crippen LogP contribution in [0.4, 0.5) is 10.1 Å². The van der Waals surface area contributed by atoms with Gasteiger partial charge in [0.05, 0.1) is 5.02 Å². The fourth-order valence-corrected chi connectivity index (χ4v) is 2.63. The molecule has 1 aromatic heterocycles. The summed E-state index contributed by atoms with van der Waals surface area (Å²) < 4.78 is 19.4. The molecule has 0 radical (unpaired) electrons. The maximum Gasteiger partial charge on any atom is 0.227 e. The molecule has 25 heavy (non-hydrogen) atoms. The first-order chi connectivity index (χ1) is 12.0. The van der Waals surface area contributed by atoms with E-state index < -0.39 is 5.82 Å². The van der Waals surface area contributed by atoms with Gasteiger partial charge in [-0.3, -0.25) is 4.79 Å². The average molecular weight is 472 g/mol. The number of hydrogen-bond acceptors (Lipinski definition) is 4. The van der Waals surface area contributed by atoms with Gasteiger partial charge in [0.15, 0.2) is 0 Å². The maximum atomic E-state index is 13.1. The lowest BCUT2D eigenvalue weighted by Crippen LogP contribution is -2.12. The number of nitrogens with zero attached hydrogens (tertiary/aromatic N) is 2. The van der Waals surface area contributed by atoms with Crippen LogP contribution in [0.5, 0.6) is 0 Å². The second-order valence-corrected chi connectivity index (χ2v) is 6.85. The first-order valence-electron chi connectivity index (χ1n) is 7.35. The van der Waals surface area contributed by atoms with Crippen LogP contribution in [-0.4, -0.2) is 16.0 Å². The highest BCUT2D eigenvalue weighted by atomic mass is 127. The van der Waals surface area contributed by atoms with Crippen LogP contribution in [0.2, 0.25) is 5.02 Å². The number of aryl methyl sites for hydroxylation is 1. The molecule has 1 amide bonds. The summed E-state index contributed by atoms with van der Waals surface area (Å²) in [6.45, 7) is 0. The van der Waals surface area contributed by atoms with Crippen molar-refractivity contribution in [1.82, 2.24) is 10.1 Å². The molecular weight excluding hydrogens is 460 g/mol. The van der Waals surface area contributed by atoms with E-state index in [9.17, 15) is 9.18 Å². The van der Waals surface area contributed by atoms with Crippen LogP contribution < -0.4 is 5.32 Å². The molecule has 3 rings (SSSR count). The minimum absolute atomic E-state index is 0.0446. The third-order valence-corrected chi connectivity index (χ3v) is 4.35. The summed E-state index contributed by atoms with van der Waals surface area (Å²) in [5, 5.41) is 6.52. The highest BCUT2D eigenvalue weighted by molar-refractivity contribution is 14.1. The minimum atomic E-state index is -0.534. The number of anilines is 1. The number of halogens is 3. The highest BCUT2D eigenvalue weighted by Crippen LogP contribution is 2.20. The molecule has 0 aliphatic carbocycles. The van der Waals surface area contributed by atoms with E-state index in [2.05, 4.69) is 38.0 Å². The van der Waals surface area contributed by atoms with Crippen LogP contribution in [0.15, 0.2) is 47.0 Å². The Kier molecular flexibility index (Phi) is 5.64. The molecule has 128 valence electrons. The molecule has 0 saturated carbocycles. The van der Waals surface area contributed by atoms with Gasteiger partial charge in [0.2, 0.25) is 17.6 Å². The van der Waals surface area contributed by atoms with Gasteiger partial charge in [-0.1, -0.05) is 28.9 Å². The molecule has 0 atom stereocenters. The molecular formula is C17H12ClFIN3O2. The number of carbonyl (C=O) groups is 1. The Bertz CT molecular complexity index is 899. The largest absolute Gasteiger partial charge is 0.339 e. The average Bonchev–Trinajstić information content (AvgIpc) is 3.06. The summed E-state index contributed by atoms with van der Waals surface area (Å²) in [7, 11) is 0. The van der Waals surface area contributed by atoms with Gasteiger partial charge in [-0.05, 0) is 52.9 Å². The predicted molar refractivity (Wildman–Crippen MR) is 101 cm³/mol. The molecule has 2 aromatic carbocycles. The van der Waals surface area contributed by atoms with Crippen molar-refractivity contribution in [2.24, 2.45) is 0 Å². The van der Waals surface area contributed by atoms with Gasteiger partial charge in [0.25, 0.3) is 0 Å². The molecule has 0 fully saturated rings. The molecule has 0 saturated heterocycles. The Balaban J connectivity index is 1.57. The molecule has 3 aromatic rings. The monoisotopic (exact) mass is 471 g/mol. The van der Waals surface area contributed by atoms with Gasteiger partial charge < -0.3 is 9.84 Å². The van der Waals surface area contributed by atoms with E-state index >= 15 is 0 Å². The van der Waals surface area contributed by atoms with Crippen LogP contribution in [0.1, 0.15) is 12.3 Å². The van der Waals surface area contributed by atoms with Crippen LogP contribution in [0.25, 0.3) is 11.4 Å². The second kappa shape index (κ2) is 7.92. The van der Waals surface area contributed by atoms with E-state index in [0.29, 0.717) is 23.8 Å². The Labute approximate surface area is 161 Å². The fourth-order valence-electron chi connectivity index (χ4n) is 2.09. The van der Waals surface area contributed by atoms with Crippen molar-refractivity contribution in [3.63, 3.8) is 0 Å². The summed E-state index contributed by atoms with van der Waals surface area (Å²) in [4.78, 5) is 16.2.